The van der Waals surface area contributed by atoms with E-state index in [1.54, 1.807) is 16.3 Å². The monoisotopic (exact) mass is 368 g/mol. The van der Waals surface area contributed by atoms with Gasteiger partial charge in [0, 0.05) is 36.5 Å². The molecule has 2 heterocycles. The van der Waals surface area contributed by atoms with Crippen molar-refractivity contribution < 1.29 is 9.53 Å². The van der Waals surface area contributed by atoms with Crippen LogP contribution in [0.15, 0.2) is 42.0 Å². The summed E-state index contributed by atoms with van der Waals surface area (Å²) in [6.07, 6.45) is 6.19. The van der Waals surface area contributed by atoms with E-state index in [4.69, 9.17) is 4.74 Å². The molecule has 0 atom stereocenters. The fraction of sp³-hybridized carbons (Fsp3) is 0.316. The summed E-state index contributed by atoms with van der Waals surface area (Å²) in [4.78, 5) is 16.9. The minimum absolute atomic E-state index is 0.215. The number of amides is 1. The van der Waals surface area contributed by atoms with Crippen molar-refractivity contribution >= 4 is 22.9 Å². The van der Waals surface area contributed by atoms with Crippen molar-refractivity contribution in [2.24, 2.45) is 13.0 Å². The van der Waals surface area contributed by atoms with Crippen molar-refractivity contribution in [3.8, 4) is 10.6 Å². The molecule has 1 N–H and O–H groups in total. The maximum Gasteiger partial charge on any atom is 0.275 e. The Bertz CT molecular complexity index is 914. The summed E-state index contributed by atoms with van der Waals surface area (Å²) < 4.78 is 7.43. The number of ether oxygens (including phenoxy) is 1. The van der Waals surface area contributed by atoms with Gasteiger partial charge in [0.05, 0.1) is 12.8 Å². The summed E-state index contributed by atoms with van der Waals surface area (Å²) in [5.41, 5.74) is 3.12. The van der Waals surface area contributed by atoms with Gasteiger partial charge >= 0.3 is 0 Å². The molecule has 26 heavy (non-hydrogen) atoms. The van der Waals surface area contributed by atoms with Crippen LogP contribution in [-0.2, 0) is 18.4 Å². The second kappa shape index (κ2) is 7.39. The average Bonchev–Trinajstić information content (AvgIpc) is 3.14. The minimum Gasteiger partial charge on any atom is -0.376 e. The van der Waals surface area contributed by atoms with Crippen LogP contribution < -0.4 is 5.32 Å². The predicted octanol–water partition coefficient (Wildman–Crippen LogP) is 3.72. The molecule has 1 amide bonds. The van der Waals surface area contributed by atoms with E-state index in [0.717, 1.165) is 34.3 Å². The SMILES string of the molecule is Cn1cc(-c2nc(C(=O)Nc3cccc(COCC4CC4)c3)cs2)cn1. The molecule has 134 valence electrons. The number of aromatic nitrogens is 3. The Morgan fingerprint density at radius 3 is 3.08 bits per heavy atom. The number of rotatable bonds is 7. The number of thiazole rings is 1. The summed E-state index contributed by atoms with van der Waals surface area (Å²) in [7, 11) is 1.85. The van der Waals surface area contributed by atoms with Gasteiger partial charge in [-0.05, 0) is 36.5 Å². The largest absolute Gasteiger partial charge is 0.376 e. The lowest BCUT2D eigenvalue weighted by Gasteiger charge is -2.07. The number of nitrogens with zero attached hydrogens (tertiary/aromatic N) is 3. The highest BCUT2D eigenvalue weighted by atomic mass is 32.1. The van der Waals surface area contributed by atoms with Crippen molar-refractivity contribution in [3.05, 3.63) is 53.3 Å². The molecule has 0 radical (unpaired) electrons. The van der Waals surface area contributed by atoms with E-state index < -0.39 is 0 Å². The molecule has 0 bridgehead atoms. The number of hydrogen-bond donors (Lipinski definition) is 1. The maximum absolute atomic E-state index is 12.5. The number of carbonyl (C=O) groups is 1. The first kappa shape index (κ1) is 16.9. The van der Waals surface area contributed by atoms with E-state index in [1.807, 2.05) is 37.5 Å². The van der Waals surface area contributed by atoms with Crippen molar-refractivity contribution in [2.75, 3.05) is 11.9 Å². The molecule has 6 nitrogen and oxygen atoms in total. The first-order chi connectivity index (χ1) is 12.7. The standard InChI is InChI=1S/C19H20N4O2S/c1-23-9-15(8-20-23)19-22-17(12-26-19)18(24)21-16-4-2-3-14(7-16)11-25-10-13-5-6-13/h2-4,7-9,12-13H,5-6,10-11H2,1H3,(H,21,24). The van der Waals surface area contributed by atoms with Gasteiger partial charge in [0.25, 0.3) is 5.91 Å². The van der Waals surface area contributed by atoms with Gasteiger partial charge in [-0.2, -0.15) is 5.10 Å². The van der Waals surface area contributed by atoms with Gasteiger partial charge in [0.2, 0.25) is 0 Å². The molecule has 7 heteroatoms. The second-order valence-corrected chi connectivity index (χ2v) is 7.41. The number of nitrogens with one attached hydrogen (secondary N) is 1. The highest BCUT2D eigenvalue weighted by molar-refractivity contribution is 7.13. The number of aryl methyl sites for hydroxylation is 1. The highest BCUT2D eigenvalue weighted by Crippen LogP contribution is 2.29. The van der Waals surface area contributed by atoms with Crippen LogP contribution in [0, 0.1) is 5.92 Å². The molecule has 0 saturated heterocycles. The topological polar surface area (TPSA) is 69.0 Å². The lowest BCUT2D eigenvalue weighted by atomic mass is 10.2. The predicted molar refractivity (Wildman–Crippen MR) is 101 cm³/mol. The van der Waals surface area contributed by atoms with Gasteiger partial charge in [-0.25, -0.2) is 4.98 Å². The smallest absolute Gasteiger partial charge is 0.275 e. The van der Waals surface area contributed by atoms with E-state index in [0.29, 0.717) is 12.3 Å². The van der Waals surface area contributed by atoms with E-state index in [-0.39, 0.29) is 5.91 Å². The fourth-order valence-corrected chi connectivity index (χ4v) is 3.38. The van der Waals surface area contributed by atoms with Crippen molar-refractivity contribution in [1.82, 2.24) is 14.8 Å². The molecular weight excluding hydrogens is 348 g/mol. The van der Waals surface area contributed by atoms with E-state index in [1.165, 1.54) is 24.2 Å². The lowest BCUT2D eigenvalue weighted by molar-refractivity contribution is 0.102. The molecule has 2 aromatic heterocycles. The normalized spacial score (nSPS) is 13.7. The Morgan fingerprint density at radius 2 is 2.31 bits per heavy atom. The Balaban J connectivity index is 1.38. The van der Waals surface area contributed by atoms with Crippen LogP contribution in [0.1, 0.15) is 28.9 Å². The Morgan fingerprint density at radius 1 is 1.42 bits per heavy atom. The zero-order valence-corrected chi connectivity index (χ0v) is 15.3. The van der Waals surface area contributed by atoms with Crippen LogP contribution in [-0.4, -0.2) is 27.3 Å². The Labute approximate surface area is 155 Å². The van der Waals surface area contributed by atoms with E-state index in [2.05, 4.69) is 15.4 Å². The summed E-state index contributed by atoms with van der Waals surface area (Å²) in [6, 6.07) is 7.75. The molecule has 1 aliphatic carbocycles. The summed E-state index contributed by atoms with van der Waals surface area (Å²) in [6.45, 7) is 1.40. The van der Waals surface area contributed by atoms with Gasteiger partial charge in [-0.3, -0.25) is 9.48 Å². The van der Waals surface area contributed by atoms with E-state index >= 15 is 0 Å². The Kier molecular flexibility index (Phi) is 4.81. The molecule has 0 aliphatic heterocycles. The molecule has 3 aromatic rings. The molecule has 1 aromatic carbocycles. The van der Waals surface area contributed by atoms with Crippen LogP contribution in [0.2, 0.25) is 0 Å². The van der Waals surface area contributed by atoms with Gasteiger partial charge < -0.3 is 10.1 Å². The van der Waals surface area contributed by atoms with E-state index in [9.17, 15) is 4.79 Å². The maximum atomic E-state index is 12.5. The van der Waals surface area contributed by atoms with Gasteiger partial charge in [-0.15, -0.1) is 11.3 Å². The van der Waals surface area contributed by atoms with Crippen molar-refractivity contribution in [2.45, 2.75) is 19.4 Å². The second-order valence-electron chi connectivity index (χ2n) is 6.55. The third kappa shape index (κ3) is 4.17. The third-order valence-corrected chi connectivity index (χ3v) is 5.08. The molecule has 1 fully saturated rings. The zero-order valence-electron chi connectivity index (χ0n) is 14.5. The molecule has 4 rings (SSSR count). The van der Waals surface area contributed by atoms with Crippen LogP contribution in [0.4, 0.5) is 5.69 Å². The lowest BCUT2D eigenvalue weighted by Crippen LogP contribution is -2.12. The molecule has 1 aliphatic rings. The van der Waals surface area contributed by atoms with Crippen LogP contribution in [0.25, 0.3) is 10.6 Å². The minimum atomic E-state index is -0.215. The number of carbonyl (C=O) groups excluding carboxylic acids is 1. The van der Waals surface area contributed by atoms with Crippen molar-refractivity contribution in [3.63, 3.8) is 0 Å². The average molecular weight is 368 g/mol. The highest BCUT2D eigenvalue weighted by Gasteiger charge is 2.21. The fourth-order valence-electron chi connectivity index (χ4n) is 2.60. The number of hydrogen-bond acceptors (Lipinski definition) is 5. The third-order valence-electron chi connectivity index (χ3n) is 4.19. The van der Waals surface area contributed by atoms with Crippen LogP contribution in [0.3, 0.4) is 0 Å². The Hall–Kier alpha value is -2.51. The van der Waals surface area contributed by atoms with Crippen molar-refractivity contribution in [1.29, 1.82) is 0 Å². The van der Waals surface area contributed by atoms with Gasteiger partial charge in [-0.1, -0.05) is 12.1 Å². The quantitative estimate of drug-likeness (QED) is 0.690. The molecular formula is C19H20N4O2S. The first-order valence-electron chi connectivity index (χ1n) is 8.60. The van der Waals surface area contributed by atoms with Crippen LogP contribution >= 0.6 is 11.3 Å². The molecule has 0 spiro atoms. The van der Waals surface area contributed by atoms with Crippen LogP contribution in [0.5, 0.6) is 0 Å². The number of anilines is 1. The number of benzene rings is 1. The first-order valence-corrected chi connectivity index (χ1v) is 9.48. The molecule has 1 saturated carbocycles. The summed E-state index contributed by atoms with van der Waals surface area (Å²) in [5, 5.41) is 9.59. The summed E-state index contributed by atoms with van der Waals surface area (Å²) >= 11 is 1.43. The molecule has 0 unspecified atom stereocenters. The van der Waals surface area contributed by atoms with Gasteiger partial charge in [0.15, 0.2) is 0 Å². The van der Waals surface area contributed by atoms with Gasteiger partial charge in [0.1, 0.15) is 10.7 Å². The summed E-state index contributed by atoms with van der Waals surface area (Å²) in [5.74, 6) is 0.531. The zero-order chi connectivity index (χ0) is 17.9.